The van der Waals surface area contributed by atoms with Gasteiger partial charge in [-0.05, 0) is 29.8 Å². The summed E-state index contributed by atoms with van der Waals surface area (Å²) < 4.78 is 17.6. The minimum absolute atomic E-state index is 0.292. The Hall–Kier alpha value is -3.19. The fraction of sp³-hybridized carbons (Fsp3) is 0.200. The van der Waals surface area contributed by atoms with Crippen LogP contribution < -0.4 is 19.5 Å². The summed E-state index contributed by atoms with van der Waals surface area (Å²) in [7, 11) is 4.47. The molecule has 0 saturated heterocycles. The van der Waals surface area contributed by atoms with E-state index in [-0.39, 0.29) is 5.91 Å². The molecule has 0 aliphatic carbocycles. The molecule has 0 atom stereocenters. The van der Waals surface area contributed by atoms with E-state index in [2.05, 4.69) is 10.4 Å². The first-order chi connectivity index (χ1) is 13.5. The summed E-state index contributed by atoms with van der Waals surface area (Å²) in [5, 5.41) is 7.83. The third-order valence-corrected chi connectivity index (χ3v) is 4.34. The lowest BCUT2D eigenvalue weighted by Gasteiger charge is -2.15. The largest absolute Gasteiger partial charge is 0.493 e. The molecule has 0 saturated carbocycles. The van der Waals surface area contributed by atoms with Crippen molar-refractivity contribution in [2.45, 2.75) is 6.54 Å². The molecule has 1 N–H and O–H groups in total. The molecular weight excluding hydrogens is 382 g/mol. The molecule has 0 unspecified atom stereocenters. The van der Waals surface area contributed by atoms with Gasteiger partial charge in [0.25, 0.3) is 5.91 Å². The van der Waals surface area contributed by atoms with Crippen molar-refractivity contribution in [3.05, 3.63) is 64.8 Å². The number of methoxy groups -OCH3 is 3. The molecule has 1 amide bonds. The normalized spacial score (nSPS) is 10.4. The van der Waals surface area contributed by atoms with Crippen molar-refractivity contribution in [2.75, 3.05) is 26.6 Å². The summed E-state index contributed by atoms with van der Waals surface area (Å²) in [5.41, 5.74) is 1.36. The highest BCUT2D eigenvalue weighted by atomic mass is 35.5. The molecule has 0 bridgehead atoms. The van der Waals surface area contributed by atoms with Gasteiger partial charge in [-0.15, -0.1) is 0 Å². The van der Waals surface area contributed by atoms with Crippen LogP contribution in [-0.2, 0) is 6.54 Å². The molecule has 3 rings (SSSR count). The second-order valence-corrected chi connectivity index (χ2v) is 6.30. The Morgan fingerprint density at radius 2 is 1.71 bits per heavy atom. The van der Waals surface area contributed by atoms with E-state index in [1.165, 1.54) is 21.3 Å². The number of carbonyl (C=O) groups excluding carboxylic acids is 1. The van der Waals surface area contributed by atoms with Gasteiger partial charge in [-0.3, -0.25) is 9.48 Å². The van der Waals surface area contributed by atoms with Crippen LogP contribution in [0.25, 0.3) is 0 Å². The predicted octanol–water partition coefficient (Wildman–Crippen LogP) is 3.86. The van der Waals surface area contributed by atoms with Gasteiger partial charge in [0.2, 0.25) is 5.75 Å². The molecule has 3 aromatic rings. The Morgan fingerprint density at radius 3 is 2.36 bits per heavy atom. The van der Waals surface area contributed by atoms with Gasteiger partial charge in [-0.2, -0.15) is 5.10 Å². The average Bonchev–Trinajstić information content (AvgIpc) is 3.14. The minimum atomic E-state index is -0.366. The zero-order valence-corrected chi connectivity index (χ0v) is 16.5. The van der Waals surface area contributed by atoms with Gasteiger partial charge in [0.15, 0.2) is 17.3 Å². The van der Waals surface area contributed by atoms with E-state index < -0.39 is 0 Å². The molecule has 1 heterocycles. The first kappa shape index (κ1) is 19.6. The number of anilines is 1. The van der Waals surface area contributed by atoms with Crippen molar-refractivity contribution < 1.29 is 19.0 Å². The van der Waals surface area contributed by atoms with Crippen molar-refractivity contribution >= 4 is 23.3 Å². The van der Waals surface area contributed by atoms with Crippen molar-refractivity contribution in [1.82, 2.24) is 9.78 Å². The van der Waals surface area contributed by atoms with Crippen LogP contribution in [0.5, 0.6) is 17.2 Å². The summed E-state index contributed by atoms with van der Waals surface area (Å²) in [6.07, 6.45) is 1.79. The Labute approximate surface area is 167 Å². The SMILES string of the molecule is COc1ccc(C(=O)Nc2ccn(Cc3ccc(Cl)cc3)n2)c(OC)c1OC. The molecule has 0 spiro atoms. The second-order valence-electron chi connectivity index (χ2n) is 5.86. The van der Waals surface area contributed by atoms with Gasteiger partial charge in [-0.1, -0.05) is 23.7 Å². The van der Waals surface area contributed by atoms with Crippen LogP contribution in [0.15, 0.2) is 48.7 Å². The van der Waals surface area contributed by atoms with E-state index in [0.717, 1.165) is 5.56 Å². The number of benzene rings is 2. The van der Waals surface area contributed by atoms with Crippen LogP contribution in [-0.4, -0.2) is 37.0 Å². The molecule has 0 aliphatic rings. The van der Waals surface area contributed by atoms with E-state index in [1.54, 1.807) is 29.1 Å². The summed E-state index contributed by atoms with van der Waals surface area (Å²) in [4.78, 5) is 12.7. The quantitative estimate of drug-likeness (QED) is 0.650. The lowest BCUT2D eigenvalue weighted by molar-refractivity contribution is 0.102. The maximum atomic E-state index is 12.7. The number of nitrogens with one attached hydrogen (secondary N) is 1. The number of nitrogens with zero attached hydrogens (tertiary/aromatic N) is 2. The molecular formula is C20H20ClN3O4. The average molecular weight is 402 g/mol. The second kappa shape index (κ2) is 8.67. The number of halogens is 1. The Balaban J connectivity index is 1.77. The van der Waals surface area contributed by atoms with E-state index in [0.29, 0.717) is 40.2 Å². The number of carbonyl (C=O) groups is 1. The van der Waals surface area contributed by atoms with Gasteiger partial charge in [0, 0.05) is 17.3 Å². The molecule has 0 aliphatic heterocycles. The Kier molecular flexibility index (Phi) is 6.06. The predicted molar refractivity (Wildman–Crippen MR) is 107 cm³/mol. The Bertz CT molecular complexity index is 970. The van der Waals surface area contributed by atoms with Crippen molar-refractivity contribution in [1.29, 1.82) is 0 Å². The van der Waals surface area contributed by atoms with Gasteiger partial charge in [-0.25, -0.2) is 0 Å². The highest BCUT2D eigenvalue weighted by Gasteiger charge is 2.21. The minimum Gasteiger partial charge on any atom is -0.493 e. The summed E-state index contributed by atoms with van der Waals surface area (Å²) in [6.45, 7) is 0.562. The molecule has 0 fully saturated rings. The van der Waals surface area contributed by atoms with Crippen LogP contribution in [0.4, 0.5) is 5.82 Å². The highest BCUT2D eigenvalue weighted by molar-refractivity contribution is 6.30. The van der Waals surface area contributed by atoms with E-state index in [4.69, 9.17) is 25.8 Å². The summed E-state index contributed by atoms with van der Waals surface area (Å²) in [5.74, 6) is 1.18. The van der Waals surface area contributed by atoms with Crippen LogP contribution in [0.1, 0.15) is 15.9 Å². The number of amides is 1. The lowest BCUT2D eigenvalue weighted by Crippen LogP contribution is -2.14. The number of aromatic nitrogens is 2. The number of hydrogen-bond donors (Lipinski definition) is 1. The Morgan fingerprint density at radius 1 is 1.00 bits per heavy atom. The molecule has 2 aromatic carbocycles. The van der Waals surface area contributed by atoms with E-state index >= 15 is 0 Å². The van der Waals surface area contributed by atoms with Gasteiger partial charge in [0.1, 0.15) is 0 Å². The standard InChI is InChI=1S/C20H20ClN3O4/c1-26-16-9-8-15(18(27-2)19(16)28-3)20(25)22-17-10-11-24(23-17)12-13-4-6-14(21)7-5-13/h4-11H,12H2,1-3H3,(H,22,23,25). The van der Waals surface area contributed by atoms with Crippen molar-refractivity contribution in [3.8, 4) is 17.2 Å². The van der Waals surface area contributed by atoms with Crippen LogP contribution in [0, 0.1) is 0 Å². The first-order valence-electron chi connectivity index (χ1n) is 8.44. The smallest absolute Gasteiger partial charge is 0.260 e. The van der Waals surface area contributed by atoms with E-state index in [1.807, 2.05) is 24.3 Å². The molecule has 0 radical (unpaired) electrons. The molecule has 28 heavy (non-hydrogen) atoms. The van der Waals surface area contributed by atoms with Crippen LogP contribution in [0.3, 0.4) is 0 Å². The zero-order valence-electron chi connectivity index (χ0n) is 15.7. The van der Waals surface area contributed by atoms with Gasteiger partial charge >= 0.3 is 0 Å². The molecule has 8 heteroatoms. The number of hydrogen-bond acceptors (Lipinski definition) is 5. The number of ether oxygens (including phenoxy) is 3. The van der Waals surface area contributed by atoms with Crippen LogP contribution in [0.2, 0.25) is 5.02 Å². The monoisotopic (exact) mass is 401 g/mol. The van der Waals surface area contributed by atoms with Crippen molar-refractivity contribution in [3.63, 3.8) is 0 Å². The maximum absolute atomic E-state index is 12.7. The maximum Gasteiger partial charge on any atom is 0.260 e. The van der Waals surface area contributed by atoms with Crippen molar-refractivity contribution in [2.24, 2.45) is 0 Å². The third kappa shape index (κ3) is 4.20. The number of rotatable bonds is 7. The fourth-order valence-electron chi connectivity index (χ4n) is 2.76. The molecule has 1 aromatic heterocycles. The summed E-state index contributed by atoms with van der Waals surface area (Å²) >= 11 is 5.90. The highest BCUT2D eigenvalue weighted by Crippen LogP contribution is 2.39. The zero-order chi connectivity index (χ0) is 20.1. The van der Waals surface area contributed by atoms with Gasteiger partial charge < -0.3 is 19.5 Å². The lowest BCUT2D eigenvalue weighted by atomic mass is 10.1. The fourth-order valence-corrected chi connectivity index (χ4v) is 2.88. The van der Waals surface area contributed by atoms with E-state index in [9.17, 15) is 4.79 Å². The first-order valence-corrected chi connectivity index (χ1v) is 8.81. The third-order valence-electron chi connectivity index (χ3n) is 4.09. The van der Waals surface area contributed by atoms with Crippen LogP contribution >= 0.6 is 11.6 Å². The topological polar surface area (TPSA) is 74.6 Å². The molecule has 146 valence electrons. The molecule has 7 nitrogen and oxygen atoms in total. The summed E-state index contributed by atoms with van der Waals surface area (Å²) in [6, 6.07) is 12.5. The van der Waals surface area contributed by atoms with Gasteiger partial charge in [0.05, 0.1) is 33.4 Å².